The molecule has 23 heavy (non-hydrogen) atoms. The van der Waals surface area contributed by atoms with Crippen molar-refractivity contribution in [2.45, 2.75) is 44.7 Å². The molecule has 0 aliphatic heterocycles. The van der Waals surface area contributed by atoms with Gasteiger partial charge in [0.25, 0.3) is 0 Å². The first kappa shape index (κ1) is 15.8. The Bertz CT molecular complexity index is 620. The number of rotatable bonds is 8. The van der Waals surface area contributed by atoms with Crippen LogP contribution in [0.4, 0.5) is 0 Å². The lowest BCUT2D eigenvalue weighted by atomic mass is 9.82. The zero-order chi connectivity index (χ0) is 16.1. The molecule has 6 nitrogen and oxygen atoms in total. The van der Waals surface area contributed by atoms with E-state index in [4.69, 9.17) is 15.2 Å². The number of nitrogens with two attached hydrogens (primary N) is 1. The Hall–Kier alpha value is -2.08. The van der Waals surface area contributed by atoms with Crippen LogP contribution in [0.15, 0.2) is 24.3 Å². The van der Waals surface area contributed by atoms with E-state index in [0.717, 1.165) is 30.2 Å². The van der Waals surface area contributed by atoms with Gasteiger partial charge in [-0.1, -0.05) is 11.6 Å². The minimum Gasteiger partial charge on any atom is -0.497 e. The van der Waals surface area contributed by atoms with Gasteiger partial charge in [-0.05, 0) is 37.1 Å². The van der Waals surface area contributed by atoms with Crippen LogP contribution in [0.3, 0.4) is 0 Å². The maximum atomic E-state index is 5.78. The van der Waals surface area contributed by atoms with E-state index in [9.17, 15) is 0 Å². The normalized spacial score (nSPS) is 14.5. The largest absolute Gasteiger partial charge is 0.497 e. The fourth-order valence-corrected chi connectivity index (χ4v) is 2.87. The third-order valence-electron chi connectivity index (χ3n) is 4.37. The predicted octanol–water partition coefficient (Wildman–Crippen LogP) is 2.48. The maximum absolute atomic E-state index is 5.78. The van der Waals surface area contributed by atoms with Gasteiger partial charge in [-0.25, -0.2) is 4.68 Å². The molecule has 0 radical (unpaired) electrons. The van der Waals surface area contributed by atoms with Crippen molar-refractivity contribution in [2.75, 3.05) is 13.7 Å². The second kappa shape index (κ2) is 7.46. The average Bonchev–Trinajstić information content (AvgIpc) is 2.93. The van der Waals surface area contributed by atoms with Crippen molar-refractivity contribution in [3.63, 3.8) is 0 Å². The van der Waals surface area contributed by atoms with Crippen molar-refractivity contribution in [1.82, 2.24) is 15.0 Å². The summed E-state index contributed by atoms with van der Waals surface area (Å²) in [5.41, 5.74) is 7.97. The molecule has 0 atom stereocenters. The summed E-state index contributed by atoms with van der Waals surface area (Å²) in [4.78, 5) is 0. The van der Waals surface area contributed by atoms with Crippen LogP contribution in [0.5, 0.6) is 11.5 Å². The van der Waals surface area contributed by atoms with E-state index in [1.165, 1.54) is 25.0 Å². The maximum Gasteiger partial charge on any atom is 0.119 e. The molecule has 124 valence electrons. The Kier molecular flexibility index (Phi) is 5.12. The molecule has 1 aromatic carbocycles. The number of nitrogens with zero attached hydrogens (tertiary/aromatic N) is 3. The molecule has 2 aromatic rings. The number of aryl methyl sites for hydroxylation is 1. The van der Waals surface area contributed by atoms with Crippen molar-refractivity contribution in [2.24, 2.45) is 5.73 Å². The third kappa shape index (κ3) is 3.64. The molecule has 1 aliphatic rings. The molecule has 0 spiro atoms. The molecule has 1 fully saturated rings. The molecule has 1 aromatic heterocycles. The molecule has 3 rings (SSSR count). The summed E-state index contributed by atoms with van der Waals surface area (Å²) in [7, 11) is 1.66. The van der Waals surface area contributed by atoms with Gasteiger partial charge in [-0.15, -0.1) is 5.10 Å². The SMILES string of the molecule is COc1ccc(OCCCn2nnc(CN)c2C2CCC2)cc1. The van der Waals surface area contributed by atoms with Gasteiger partial charge < -0.3 is 15.2 Å². The smallest absolute Gasteiger partial charge is 0.119 e. The third-order valence-corrected chi connectivity index (χ3v) is 4.37. The Balaban J connectivity index is 1.51. The van der Waals surface area contributed by atoms with E-state index in [1.807, 2.05) is 28.9 Å². The molecule has 1 saturated carbocycles. The first-order valence-electron chi connectivity index (χ1n) is 8.21. The highest BCUT2D eigenvalue weighted by Crippen LogP contribution is 2.37. The zero-order valence-electron chi connectivity index (χ0n) is 13.6. The minimum atomic E-state index is 0.466. The first-order valence-corrected chi connectivity index (χ1v) is 8.21. The van der Waals surface area contributed by atoms with Crippen molar-refractivity contribution in [3.05, 3.63) is 35.7 Å². The van der Waals surface area contributed by atoms with Crippen LogP contribution in [0, 0.1) is 0 Å². The van der Waals surface area contributed by atoms with Crippen LogP contribution in [-0.2, 0) is 13.1 Å². The Morgan fingerprint density at radius 1 is 1.22 bits per heavy atom. The Labute approximate surface area is 136 Å². The highest BCUT2D eigenvalue weighted by Gasteiger charge is 2.26. The summed E-state index contributed by atoms with van der Waals surface area (Å²) < 4.78 is 12.9. The summed E-state index contributed by atoms with van der Waals surface area (Å²) in [5, 5.41) is 8.50. The molecular weight excluding hydrogens is 292 g/mol. The fraction of sp³-hybridized carbons (Fsp3) is 0.529. The van der Waals surface area contributed by atoms with Crippen molar-refractivity contribution in [1.29, 1.82) is 0 Å². The van der Waals surface area contributed by atoms with Gasteiger partial charge in [0.05, 0.1) is 25.1 Å². The van der Waals surface area contributed by atoms with Crippen molar-refractivity contribution < 1.29 is 9.47 Å². The topological polar surface area (TPSA) is 75.2 Å². The van der Waals surface area contributed by atoms with Crippen LogP contribution < -0.4 is 15.2 Å². The summed E-state index contributed by atoms with van der Waals surface area (Å²) in [6, 6.07) is 7.63. The molecule has 1 aliphatic carbocycles. The van der Waals surface area contributed by atoms with Gasteiger partial charge in [-0.2, -0.15) is 0 Å². The summed E-state index contributed by atoms with van der Waals surface area (Å²) in [6.45, 7) is 1.93. The lowest BCUT2D eigenvalue weighted by Gasteiger charge is -2.26. The van der Waals surface area contributed by atoms with E-state index in [0.29, 0.717) is 19.1 Å². The molecule has 1 heterocycles. The van der Waals surface area contributed by atoms with Crippen LogP contribution in [0.1, 0.15) is 43.0 Å². The van der Waals surface area contributed by atoms with Crippen LogP contribution in [0.25, 0.3) is 0 Å². The molecule has 6 heteroatoms. The van der Waals surface area contributed by atoms with Crippen molar-refractivity contribution in [3.8, 4) is 11.5 Å². The van der Waals surface area contributed by atoms with Gasteiger partial charge in [0, 0.05) is 25.4 Å². The quantitative estimate of drug-likeness (QED) is 0.757. The van der Waals surface area contributed by atoms with Gasteiger partial charge >= 0.3 is 0 Å². The van der Waals surface area contributed by atoms with Crippen LogP contribution in [-0.4, -0.2) is 28.7 Å². The van der Waals surface area contributed by atoms with Crippen molar-refractivity contribution >= 4 is 0 Å². The molecule has 2 N–H and O–H groups in total. The number of hydrogen-bond acceptors (Lipinski definition) is 5. The van der Waals surface area contributed by atoms with E-state index in [-0.39, 0.29) is 0 Å². The number of benzene rings is 1. The van der Waals surface area contributed by atoms with Crippen LogP contribution in [0.2, 0.25) is 0 Å². The number of hydrogen-bond donors (Lipinski definition) is 1. The number of aromatic nitrogens is 3. The standard InChI is InChI=1S/C17H24N4O2/c1-22-14-6-8-15(9-7-14)23-11-3-10-21-17(13-4-2-5-13)16(12-18)19-20-21/h6-9,13H,2-5,10-12,18H2,1H3. The summed E-state index contributed by atoms with van der Waals surface area (Å²) in [5.74, 6) is 2.27. The Morgan fingerprint density at radius 3 is 2.57 bits per heavy atom. The van der Waals surface area contributed by atoms with Gasteiger partial charge in [0.1, 0.15) is 11.5 Å². The Morgan fingerprint density at radius 2 is 1.96 bits per heavy atom. The van der Waals surface area contributed by atoms with E-state index in [1.54, 1.807) is 7.11 Å². The first-order chi connectivity index (χ1) is 11.3. The van der Waals surface area contributed by atoms with E-state index in [2.05, 4.69) is 10.3 Å². The highest BCUT2D eigenvalue weighted by atomic mass is 16.5. The molecular formula is C17H24N4O2. The monoisotopic (exact) mass is 316 g/mol. The number of ether oxygens (including phenoxy) is 2. The summed E-state index contributed by atoms with van der Waals surface area (Å²) in [6.07, 6.45) is 4.63. The minimum absolute atomic E-state index is 0.466. The van der Waals surface area contributed by atoms with Gasteiger partial charge in [-0.3, -0.25) is 0 Å². The lowest BCUT2D eigenvalue weighted by Crippen LogP contribution is -2.18. The lowest BCUT2D eigenvalue weighted by molar-refractivity contribution is 0.292. The second-order valence-electron chi connectivity index (χ2n) is 5.85. The summed E-state index contributed by atoms with van der Waals surface area (Å²) >= 11 is 0. The molecule has 0 bridgehead atoms. The van der Waals surface area contributed by atoms with E-state index >= 15 is 0 Å². The van der Waals surface area contributed by atoms with Gasteiger partial charge in [0.15, 0.2) is 0 Å². The highest BCUT2D eigenvalue weighted by molar-refractivity contribution is 5.31. The predicted molar refractivity (Wildman–Crippen MR) is 87.6 cm³/mol. The van der Waals surface area contributed by atoms with Crippen LogP contribution >= 0.6 is 0 Å². The molecule has 0 amide bonds. The van der Waals surface area contributed by atoms with Gasteiger partial charge in [0.2, 0.25) is 0 Å². The van der Waals surface area contributed by atoms with E-state index < -0.39 is 0 Å². The average molecular weight is 316 g/mol. The zero-order valence-corrected chi connectivity index (χ0v) is 13.6. The molecule has 0 unspecified atom stereocenters. The fourth-order valence-electron chi connectivity index (χ4n) is 2.87. The molecule has 0 saturated heterocycles. The second-order valence-corrected chi connectivity index (χ2v) is 5.85. The number of methoxy groups -OCH3 is 1.